The molecule has 2 amide bonds. The highest BCUT2D eigenvalue weighted by atomic mass is 32.2. The lowest BCUT2D eigenvalue weighted by Gasteiger charge is -2.49. The largest absolute Gasteiger partial charge is 0.477 e. The van der Waals surface area contributed by atoms with Gasteiger partial charge >= 0.3 is 12.6 Å². The van der Waals surface area contributed by atoms with Crippen LogP contribution in [0.15, 0.2) is 33.0 Å². The second-order valence-corrected chi connectivity index (χ2v) is 10.1. The van der Waals surface area contributed by atoms with Crippen molar-refractivity contribution in [2.45, 2.75) is 23.1 Å². The molecule has 0 aromatic carbocycles. The molecule has 34 heavy (non-hydrogen) atoms. The molecule has 2 aliphatic heterocycles. The number of nitrogens with zero attached hydrogens (tertiary/aromatic N) is 5. The fourth-order valence-corrected chi connectivity index (χ4v) is 6.49. The molecule has 4 N–H and O–H groups in total. The van der Waals surface area contributed by atoms with Gasteiger partial charge in [0.2, 0.25) is 0 Å². The van der Waals surface area contributed by atoms with Crippen LogP contribution in [0.5, 0.6) is 0 Å². The van der Waals surface area contributed by atoms with Gasteiger partial charge in [0.25, 0.3) is 11.8 Å². The summed E-state index contributed by atoms with van der Waals surface area (Å²) in [6.45, 7) is -3.28. The lowest BCUT2D eigenvalue weighted by molar-refractivity contribution is -0.150. The maximum Gasteiger partial charge on any atom is 0.407 e. The average molecular weight is 550 g/mol. The molecule has 4 rings (SSSR count). The number of anilines is 1. The van der Waals surface area contributed by atoms with Crippen LogP contribution in [-0.4, -0.2) is 76.8 Å². The number of thiazole rings is 1. The third kappa shape index (κ3) is 4.98. The van der Waals surface area contributed by atoms with Gasteiger partial charge in [-0.05, 0) is 5.57 Å². The Kier molecular flexibility index (Phi) is 7.29. The first-order valence-corrected chi connectivity index (χ1v) is 12.7. The first-order chi connectivity index (χ1) is 16.3. The number of rotatable bonds is 9. The molecule has 1 fully saturated rings. The standard InChI is InChI=1S/C16H13F2N7O5S4/c17-15(18)30-23-8(6-4-33-16(19)21-6)11(26)22-9-12(27)25-10(14(28)29)5(3-32-13(9)25)2-31-7-1-20-34-24-7/h1,4,9,13,15H,2-3H2,(H2,19,21)(H,22,26)(H,28,29)/t9?,13-/m1/s1. The highest BCUT2D eigenvalue weighted by Crippen LogP contribution is 2.41. The number of carbonyl (C=O) groups excluding carboxylic acids is 2. The number of nitrogens with two attached hydrogens (primary N) is 1. The Hall–Kier alpha value is -2.83. The number of oxime groups is 1. The molecular weight excluding hydrogens is 536 g/mol. The molecule has 1 saturated heterocycles. The SMILES string of the molecule is Nc1nc(C(=NOC(F)F)C(=O)NC2C(=O)N3C(C(=O)O)=C(CSc4cnsn4)CS[C@H]23)cs1. The first-order valence-electron chi connectivity index (χ1n) is 9.10. The molecule has 0 saturated carbocycles. The molecule has 1 unspecified atom stereocenters. The van der Waals surface area contributed by atoms with Gasteiger partial charge in [0.15, 0.2) is 10.8 Å². The van der Waals surface area contributed by atoms with E-state index in [4.69, 9.17) is 5.73 Å². The Morgan fingerprint density at radius 3 is 2.88 bits per heavy atom. The molecule has 12 nitrogen and oxygen atoms in total. The lowest BCUT2D eigenvalue weighted by Crippen LogP contribution is -2.71. The van der Waals surface area contributed by atoms with Crippen molar-refractivity contribution in [2.24, 2.45) is 5.16 Å². The van der Waals surface area contributed by atoms with E-state index in [2.05, 4.69) is 29.0 Å². The third-order valence-electron chi connectivity index (χ3n) is 4.48. The number of carboxylic acid groups (broad SMARTS) is 1. The number of amides is 2. The van der Waals surface area contributed by atoms with E-state index in [9.17, 15) is 28.3 Å². The Balaban J connectivity index is 1.50. The molecule has 2 aliphatic rings. The van der Waals surface area contributed by atoms with Gasteiger partial charge in [-0.1, -0.05) is 16.9 Å². The van der Waals surface area contributed by atoms with Crippen molar-refractivity contribution in [3.63, 3.8) is 0 Å². The van der Waals surface area contributed by atoms with Crippen molar-refractivity contribution in [3.05, 3.63) is 28.5 Å². The van der Waals surface area contributed by atoms with E-state index in [0.717, 1.165) is 28.0 Å². The van der Waals surface area contributed by atoms with E-state index >= 15 is 0 Å². The molecule has 0 bridgehead atoms. The van der Waals surface area contributed by atoms with Crippen molar-refractivity contribution in [2.75, 3.05) is 17.2 Å². The summed E-state index contributed by atoms with van der Waals surface area (Å²) < 4.78 is 32.9. The highest BCUT2D eigenvalue weighted by molar-refractivity contribution is 8.01. The van der Waals surface area contributed by atoms with Crippen molar-refractivity contribution < 1.29 is 33.1 Å². The zero-order valence-electron chi connectivity index (χ0n) is 16.6. The summed E-state index contributed by atoms with van der Waals surface area (Å²) >= 11 is 4.53. The van der Waals surface area contributed by atoms with Gasteiger partial charge in [-0.3, -0.25) is 14.5 Å². The summed E-state index contributed by atoms with van der Waals surface area (Å²) in [4.78, 5) is 46.3. The Labute approximate surface area is 205 Å². The zero-order chi connectivity index (χ0) is 24.4. The van der Waals surface area contributed by atoms with Crippen molar-refractivity contribution in [3.8, 4) is 0 Å². The molecule has 18 heteroatoms. The van der Waals surface area contributed by atoms with Gasteiger partial charge in [0, 0.05) is 16.9 Å². The van der Waals surface area contributed by atoms with E-state index in [1.165, 1.54) is 28.9 Å². The van der Waals surface area contributed by atoms with Gasteiger partial charge in [0.1, 0.15) is 27.8 Å². The van der Waals surface area contributed by atoms with Crippen molar-refractivity contribution in [1.29, 1.82) is 0 Å². The highest BCUT2D eigenvalue weighted by Gasteiger charge is 2.54. The Morgan fingerprint density at radius 1 is 1.47 bits per heavy atom. The number of alkyl halides is 2. The van der Waals surface area contributed by atoms with Gasteiger partial charge in [0.05, 0.1) is 17.9 Å². The van der Waals surface area contributed by atoms with Gasteiger partial charge in [-0.25, -0.2) is 9.78 Å². The maximum absolute atomic E-state index is 12.8. The van der Waals surface area contributed by atoms with E-state index in [-0.39, 0.29) is 16.5 Å². The summed E-state index contributed by atoms with van der Waals surface area (Å²) in [5.41, 5.74) is 5.20. The van der Waals surface area contributed by atoms with Gasteiger partial charge < -0.3 is 21.0 Å². The number of carbonyl (C=O) groups is 3. The van der Waals surface area contributed by atoms with E-state index in [1.54, 1.807) is 6.20 Å². The van der Waals surface area contributed by atoms with E-state index in [1.807, 2.05) is 0 Å². The summed E-state index contributed by atoms with van der Waals surface area (Å²) in [6.07, 6.45) is 1.56. The summed E-state index contributed by atoms with van der Waals surface area (Å²) in [5.74, 6) is -2.34. The summed E-state index contributed by atoms with van der Waals surface area (Å²) in [6, 6.07) is -1.10. The van der Waals surface area contributed by atoms with Crippen LogP contribution in [0.25, 0.3) is 0 Å². The molecule has 2 atom stereocenters. The number of aliphatic carboxylic acids is 1. The first kappa shape index (κ1) is 24.3. The van der Waals surface area contributed by atoms with Crippen LogP contribution < -0.4 is 11.1 Å². The normalized spacial score (nSPS) is 20.3. The van der Waals surface area contributed by atoms with Crippen molar-refractivity contribution in [1.82, 2.24) is 23.9 Å². The number of β-lactam (4-membered cyclic amide) rings is 1. The predicted molar refractivity (Wildman–Crippen MR) is 120 cm³/mol. The minimum Gasteiger partial charge on any atom is -0.477 e. The van der Waals surface area contributed by atoms with Gasteiger partial charge in [-0.15, -0.1) is 23.1 Å². The van der Waals surface area contributed by atoms with E-state index < -0.39 is 41.5 Å². The zero-order valence-corrected chi connectivity index (χ0v) is 19.8. The van der Waals surface area contributed by atoms with Crippen LogP contribution in [0, 0.1) is 0 Å². The van der Waals surface area contributed by atoms with Crippen LogP contribution in [0.3, 0.4) is 0 Å². The number of halogens is 2. The minimum absolute atomic E-state index is 0.0661. The number of fused-ring (bicyclic) bond motifs is 1. The molecule has 180 valence electrons. The number of carboxylic acids is 1. The predicted octanol–water partition coefficient (Wildman–Crippen LogP) is 1.05. The molecular formula is C16H13F2N7O5S4. The molecule has 0 spiro atoms. The minimum atomic E-state index is -3.28. The molecule has 0 radical (unpaired) electrons. The number of hydrogen-bond donors (Lipinski definition) is 3. The number of aromatic nitrogens is 3. The summed E-state index contributed by atoms with van der Waals surface area (Å²) in [7, 11) is 0. The van der Waals surface area contributed by atoms with E-state index in [0.29, 0.717) is 22.1 Å². The number of thioether (sulfide) groups is 2. The van der Waals surface area contributed by atoms with Crippen LogP contribution in [0.4, 0.5) is 13.9 Å². The Bertz CT molecular complexity index is 1170. The number of nitrogens with one attached hydrogen (secondary N) is 1. The van der Waals surface area contributed by atoms with Crippen LogP contribution >= 0.6 is 46.6 Å². The quantitative estimate of drug-likeness (QED) is 0.177. The molecule has 0 aliphatic carbocycles. The Morgan fingerprint density at radius 2 is 2.26 bits per heavy atom. The smallest absolute Gasteiger partial charge is 0.407 e. The third-order valence-corrected chi connectivity index (χ3v) is 8.07. The number of hydrogen-bond acceptors (Lipinski definition) is 13. The fourth-order valence-electron chi connectivity index (χ4n) is 3.08. The van der Waals surface area contributed by atoms with Gasteiger partial charge in [-0.2, -0.15) is 17.5 Å². The van der Waals surface area contributed by atoms with Crippen molar-refractivity contribution >= 4 is 75.2 Å². The maximum atomic E-state index is 12.8. The van der Waals surface area contributed by atoms with Crippen LogP contribution in [-0.2, 0) is 19.2 Å². The second-order valence-electron chi connectivity index (χ2n) is 6.53. The lowest BCUT2D eigenvalue weighted by atomic mass is 10.0. The fraction of sp³-hybridized carbons (Fsp3) is 0.312. The topological polar surface area (TPSA) is 173 Å². The average Bonchev–Trinajstić information content (AvgIpc) is 3.47. The monoisotopic (exact) mass is 549 g/mol. The molecule has 4 heterocycles. The van der Waals surface area contributed by atoms with Crippen LogP contribution in [0.2, 0.25) is 0 Å². The summed E-state index contributed by atoms with van der Waals surface area (Å²) in [5, 5.41) is 16.6. The molecule has 2 aromatic rings. The molecule has 2 aromatic heterocycles. The number of nitrogen functional groups attached to an aromatic ring is 1. The second kappa shape index (κ2) is 10.2. The van der Waals surface area contributed by atoms with Crippen LogP contribution in [0.1, 0.15) is 5.69 Å².